The molecule has 1 heterocycles. The fourth-order valence-corrected chi connectivity index (χ4v) is 1.96. The molecule has 0 atom stereocenters. The zero-order chi connectivity index (χ0) is 20.6. The highest BCUT2D eigenvalue weighted by molar-refractivity contribution is 5.87. The van der Waals surface area contributed by atoms with Crippen LogP contribution in [-0.2, 0) is 32.2 Å². The molecule has 0 aliphatic heterocycles. The molecule has 10 nitrogen and oxygen atoms in total. The van der Waals surface area contributed by atoms with Crippen LogP contribution in [0.1, 0.15) is 26.7 Å². The number of hydrogen-bond acceptors (Lipinski definition) is 7. The fourth-order valence-electron chi connectivity index (χ4n) is 1.96. The average Bonchev–Trinajstić information content (AvgIpc) is 2.59. The molecule has 1 aromatic heterocycles. The van der Waals surface area contributed by atoms with Crippen LogP contribution in [-0.4, -0.2) is 39.3 Å². The van der Waals surface area contributed by atoms with E-state index in [1.54, 1.807) is 0 Å². The van der Waals surface area contributed by atoms with Crippen molar-refractivity contribution in [1.82, 2.24) is 14.1 Å². The van der Waals surface area contributed by atoms with Gasteiger partial charge in [0, 0.05) is 24.2 Å². The minimum Gasteiger partial charge on any atom is -0.462 e. The number of nitrogens with zero attached hydrogens (tertiary/aromatic N) is 2. The van der Waals surface area contributed by atoms with Crippen LogP contribution in [0.15, 0.2) is 38.7 Å². The van der Waals surface area contributed by atoms with Crippen molar-refractivity contribution in [2.75, 3.05) is 13.2 Å². The summed E-state index contributed by atoms with van der Waals surface area (Å²) in [6, 6.07) is 0. The molecule has 0 unspecified atom stereocenters. The quantitative estimate of drug-likeness (QED) is 0.335. The van der Waals surface area contributed by atoms with Gasteiger partial charge in [0.2, 0.25) is 0 Å². The van der Waals surface area contributed by atoms with Crippen molar-refractivity contribution >= 4 is 11.9 Å². The Labute approximate surface area is 154 Å². The third-order valence-corrected chi connectivity index (χ3v) is 3.38. The first-order valence-corrected chi connectivity index (χ1v) is 8.24. The van der Waals surface area contributed by atoms with Gasteiger partial charge in [-0.1, -0.05) is 13.2 Å². The van der Waals surface area contributed by atoms with Crippen molar-refractivity contribution in [2.45, 2.75) is 39.8 Å². The number of esters is 2. The van der Waals surface area contributed by atoms with Gasteiger partial charge in [0.25, 0.3) is 0 Å². The summed E-state index contributed by atoms with van der Waals surface area (Å²) in [5.41, 5.74) is -2.00. The lowest BCUT2D eigenvalue weighted by Crippen LogP contribution is -2.49. The minimum absolute atomic E-state index is 0.00639. The largest absolute Gasteiger partial charge is 0.462 e. The summed E-state index contributed by atoms with van der Waals surface area (Å²) in [5, 5.41) is 0. The molecule has 0 fully saturated rings. The molecule has 1 rings (SSSR count). The normalized spacial score (nSPS) is 10.3. The van der Waals surface area contributed by atoms with Crippen LogP contribution in [0, 0.1) is 0 Å². The van der Waals surface area contributed by atoms with Crippen LogP contribution in [0.3, 0.4) is 0 Å². The fraction of sp³-hybridized carbons (Fsp3) is 0.471. The molecule has 0 aliphatic carbocycles. The van der Waals surface area contributed by atoms with Crippen LogP contribution in [0.2, 0.25) is 0 Å². The molecule has 0 radical (unpaired) electrons. The van der Waals surface area contributed by atoms with Crippen molar-refractivity contribution < 1.29 is 19.1 Å². The molecular formula is C17H23N3O7. The average molecular weight is 381 g/mol. The van der Waals surface area contributed by atoms with Crippen molar-refractivity contribution in [3.63, 3.8) is 0 Å². The van der Waals surface area contributed by atoms with E-state index in [2.05, 4.69) is 18.1 Å². The number of ether oxygens (including phenoxy) is 2. The lowest BCUT2D eigenvalue weighted by atomic mass is 10.3. The molecule has 0 spiro atoms. The second kappa shape index (κ2) is 10.1. The van der Waals surface area contributed by atoms with Gasteiger partial charge in [0.05, 0.1) is 13.2 Å². The summed E-state index contributed by atoms with van der Waals surface area (Å²) in [7, 11) is 0. The third-order valence-electron chi connectivity index (χ3n) is 3.38. The van der Waals surface area contributed by atoms with E-state index in [1.807, 2.05) is 0 Å². The van der Waals surface area contributed by atoms with Crippen LogP contribution in [0.4, 0.5) is 0 Å². The molecule has 0 amide bonds. The van der Waals surface area contributed by atoms with Gasteiger partial charge in [-0.3, -0.25) is 4.98 Å². The van der Waals surface area contributed by atoms with Crippen LogP contribution in [0.25, 0.3) is 0 Å². The molecule has 148 valence electrons. The lowest BCUT2D eigenvalue weighted by molar-refractivity contribution is -0.139. The van der Waals surface area contributed by atoms with Crippen LogP contribution < -0.4 is 17.1 Å². The smallest absolute Gasteiger partial charge is 0.336 e. The summed E-state index contributed by atoms with van der Waals surface area (Å²) < 4.78 is 11.5. The topological polar surface area (TPSA) is 129 Å². The summed E-state index contributed by atoms with van der Waals surface area (Å²) in [6.07, 6.45) is 0.410. The predicted molar refractivity (Wildman–Crippen MR) is 96.4 cm³/mol. The molecule has 1 aromatic rings. The van der Waals surface area contributed by atoms with E-state index < -0.39 is 29.0 Å². The summed E-state index contributed by atoms with van der Waals surface area (Å²) in [5.74, 6) is -1.13. The van der Waals surface area contributed by atoms with E-state index in [0.717, 1.165) is 9.13 Å². The first kappa shape index (κ1) is 21.9. The zero-order valence-electron chi connectivity index (χ0n) is 15.4. The molecule has 10 heteroatoms. The minimum atomic E-state index is -0.846. The first-order valence-electron chi connectivity index (χ1n) is 8.24. The molecule has 0 aliphatic rings. The van der Waals surface area contributed by atoms with Gasteiger partial charge < -0.3 is 9.47 Å². The molecule has 0 aromatic carbocycles. The Balaban J connectivity index is 2.73. The maximum Gasteiger partial charge on any atom is 0.336 e. The van der Waals surface area contributed by atoms with Gasteiger partial charge in [-0.2, -0.15) is 0 Å². The Morgan fingerprint density at radius 2 is 1.22 bits per heavy atom. The number of hydrogen-bond donors (Lipinski definition) is 1. The summed E-state index contributed by atoms with van der Waals surface area (Å²) in [4.78, 5) is 60.6. The Hall–Kier alpha value is -3.17. The van der Waals surface area contributed by atoms with E-state index in [-0.39, 0.29) is 50.3 Å². The number of nitrogens with one attached hydrogen (secondary N) is 1. The standard InChI is InChI=1S/C17H23N3O7/c1-11(2)13(21)26-9-5-7-19-15(23)18-16(24)20(17(19)25)8-6-10-27-14(22)12(3)4/h1,3,5-10H2,2,4H3,(H,18,23,24). The van der Waals surface area contributed by atoms with Crippen LogP contribution >= 0.6 is 0 Å². The second-order valence-electron chi connectivity index (χ2n) is 5.86. The number of rotatable bonds is 10. The Bertz CT molecular complexity index is 835. The zero-order valence-corrected chi connectivity index (χ0v) is 15.4. The van der Waals surface area contributed by atoms with Gasteiger partial charge in [-0.25, -0.2) is 33.1 Å². The number of aromatic nitrogens is 3. The van der Waals surface area contributed by atoms with Gasteiger partial charge in [0.1, 0.15) is 0 Å². The van der Waals surface area contributed by atoms with Crippen molar-refractivity contribution in [2.24, 2.45) is 0 Å². The monoisotopic (exact) mass is 381 g/mol. The second-order valence-corrected chi connectivity index (χ2v) is 5.86. The Morgan fingerprint density at radius 3 is 1.56 bits per heavy atom. The van der Waals surface area contributed by atoms with E-state index in [0.29, 0.717) is 0 Å². The first-order chi connectivity index (χ1) is 12.6. The van der Waals surface area contributed by atoms with Crippen LogP contribution in [0.5, 0.6) is 0 Å². The molecule has 0 saturated carbocycles. The van der Waals surface area contributed by atoms with Gasteiger partial charge in [0.15, 0.2) is 0 Å². The van der Waals surface area contributed by atoms with E-state index in [9.17, 15) is 24.0 Å². The van der Waals surface area contributed by atoms with Crippen molar-refractivity contribution in [1.29, 1.82) is 0 Å². The number of aromatic amines is 1. The molecule has 0 saturated heterocycles. The number of H-pyrrole nitrogens is 1. The maximum atomic E-state index is 12.3. The predicted octanol–water partition coefficient (Wildman–Crippen LogP) is -0.283. The highest BCUT2D eigenvalue weighted by Crippen LogP contribution is 1.95. The van der Waals surface area contributed by atoms with E-state index >= 15 is 0 Å². The van der Waals surface area contributed by atoms with E-state index in [1.165, 1.54) is 13.8 Å². The third kappa shape index (κ3) is 6.57. The van der Waals surface area contributed by atoms with Crippen molar-refractivity contribution in [3.05, 3.63) is 55.8 Å². The highest BCUT2D eigenvalue weighted by Gasteiger charge is 2.11. The highest BCUT2D eigenvalue weighted by atomic mass is 16.5. The SMILES string of the molecule is C=C(C)C(=O)OCCCn1c(=O)[nH]c(=O)n(CCCOC(=O)C(=C)C)c1=O. The number of carbonyl (C=O) groups is 2. The molecular weight excluding hydrogens is 358 g/mol. The molecule has 0 bridgehead atoms. The van der Waals surface area contributed by atoms with Gasteiger partial charge in [-0.15, -0.1) is 0 Å². The summed E-state index contributed by atoms with van der Waals surface area (Å²) in [6.45, 7) is 9.79. The lowest BCUT2D eigenvalue weighted by Gasteiger charge is -2.09. The van der Waals surface area contributed by atoms with Gasteiger partial charge >= 0.3 is 29.0 Å². The summed E-state index contributed by atoms with van der Waals surface area (Å²) >= 11 is 0. The van der Waals surface area contributed by atoms with E-state index in [4.69, 9.17) is 9.47 Å². The molecule has 27 heavy (non-hydrogen) atoms. The Kier molecular flexibility index (Phi) is 8.18. The Morgan fingerprint density at radius 1 is 0.852 bits per heavy atom. The van der Waals surface area contributed by atoms with Gasteiger partial charge in [-0.05, 0) is 26.7 Å². The molecule has 1 N–H and O–H groups in total. The van der Waals surface area contributed by atoms with Crippen molar-refractivity contribution in [3.8, 4) is 0 Å². The number of carbonyl (C=O) groups excluding carboxylic acids is 2. The maximum absolute atomic E-state index is 12.3.